The lowest BCUT2D eigenvalue weighted by atomic mass is 9.96. The Balaban J connectivity index is 1.38. The van der Waals surface area contributed by atoms with Crippen LogP contribution in [0.4, 0.5) is 10.6 Å². The molecular weight excluding hydrogens is 420 g/mol. The van der Waals surface area contributed by atoms with Gasteiger partial charge >= 0.3 is 6.09 Å². The standard InChI is InChI=1S/C22H23ClN4O2S/c23-19-5-2-1-4-18(19)20-6-3-7-21(25-20)26-10-8-16(9-11-26)12-27(22(28)29)13-17-14-30-15-24-17/h1-7,14-16H,8-13H2,(H,28,29). The van der Waals surface area contributed by atoms with Crippen LogP contribution < -0.4 is 4.90 Å². The normalized spacial score (nSPS) is 14.6. The molecule has 3 heterocycles. The molecule has 0 bridgehead atoms. The third-order valence-corrected chi connectivity index (χ3v) is 6.37. The third-order valence-electron chi connectivity index (χ3n) is 5.41. The largest absolute Gasteiger partial charge is 0.465 e. The monoisotopic (exact) mass is 442 g/mol. The van der Waals surface area contributed by atoms with Crippen LogP contribution in [0.1, 0.15) is 18.5 Å². The van der Waals surface area contributed by atoms with E-state index in [0.717, 1.165) is 48.7 Å². The number of carbonyl (C=O) groups is 1. The fraction of sp³-hybridized carbons (Fsp3) is 0.318. The first-order chi connectivity index (χ1) is 14.6. The van der Waals surface area contributed by atoms with E-state index in [-0.39, 0.29) is 0 Å². The average molecular weight is 443 g/mol. The molecular formula is C22H23ClN4O2S. The minimum absolute atomic E-state index is 0.336. The lowest BCUT2D eigenvalue weighted by Crippen LogP contribution is -2.40. The van der Waals surface area contributed by atoms with E-state index >= 15 is 0 Å². The molecule has 30 heavy (non-hydrogen) atoms. The van der Waals surface area contributed by atoms with Gasteiger partial charge in [0.05, 0.1) is 23.4 Å². The van der Waals surface area contributed by atoms with Crippen molar-refractivity contribution < 1.29 is 9.90 Å². The van der Waals surface area contributed by atoms with Crippen LogP contribution in [0.25, 0.3) is 11.3 Å². The molecule has 0 spiro atoms. The molecule has 0 aliphatic carbocycles. The number of carboxylic acid groups (broad SMARTS) is 1. The highest BCUT2D eigenvalue weighted by molar-refractivity contribution is 7.07. The van der Waals surface area contributed by atoms with E-state index in [1.165, 1.54) is 16.2 Å². The van der Waals surface area contributed by atoms with Gasteiger partial charge < -0.3 is 14.9 Å². The minimum Gasteiger partial charge on any atom is -0.465 e. The van der Waals surface area contributed by atoms with Gasteiger partial charge in [0.25, 0.3) is 0 Å². The second-order valence-electron chi connectivity index (χ2n) is 7.43. The number of amides is 1. The van der Waals surface area contributed by atoms with Crippen LogP contribution >= 0.6 is 22.9 Å². The number of hydrogen-bond donors (Lipinski definition) is 1. The van der Waals surface area contributed by atoms with Crippen molar-refractivity contribution in [3.05, 3.63) is 64.1 Å². The van der Waals surface area contributed by atoms with Crippen LogP contribution in [0.15, 0.2) is 53.4 Å². The summed E-state index contributed by atoms with van der Waals surface area (Å²) in [4.78, 5) is 24.4. The van der Waals surface area contributed by atoms with Gasteiger partial charge in [0.15, 0.2) is 0 Å². The Morgan fingerprint density at radius 1 is 1.20 bits per heavy atom. The minimum atomic E-state index is -0.889. The van der Waals surface area contributed by atoms with Gasteiger partial charge in [-0.1, -0.05) is 35.9 Å². The van der Waals surface area contributed by atoms with Crippen LogP contribution in [-0.2, 0) is 6.54 Å². The number of hydrogen-bond acceptors (Lipinski definition) is 5. The topological polar surface area (TPSA) is 69.6 Å². The molecule has 8 heteroatoms. The van der Waals surface area contributed by atoms with Crippen molar-refractivity contribution in [3.8, 4) is 11.3 Å². The summed E-state index contributed by atoms with van der Waals surface area (Å²) in [6, 6.07) is 13.7. The molecule has 156 valence electrons. The van der Waals surface area contributed by atoms with Crippen LogP contribution in [0, 0.1) is 5.92 Å². The fourth-order valence-corrected chi connectivity index (χ4v) is 4.58. The smallest absolute Gasteiger partial charge is 0.407 e. The Morgan fingerprint density at radius 3 is 2.70 bits per heavy atom. The second-order valence-corrected chi connectivity index (χ2v) is 8.56. The first-order valence-electron chi connectivity index (χ1n) is 9.92. The summed E-state index contributed by atoms with van der Waals surface area (Å²) in [6.45, 7) is 2.59. The Labute approximate surface area is 184 Å². The fourth-order valence-electron chi connectivity index (χ4n) is 3.80. The predicted octanol–water partition coefficient (Wildman–Crippen LogP) is 5.26. The molecule has 1 amide bonds. The number of rotatable bonds is 6. The number of pyridine rings is 1. The molecule has 1 fully saturated rings. The highest BCUT2D eigenvalue weighted by Gasteiger charge is 2.25. The zero-order valence-electron chi connectivity index (χ0n) is 16.4. The van der Waals surface area contributed by atoms with E-state index in [0.29, 0.717) is 24.0 Å². The number of anilines is 1. The summed E-state index contributed by atoms with van der Waals surface area (Å²) in [5.74, 6) is 1.27. The lowest BCUT2D eigenvalue weighted by molar-refractivity contribution is 0.129. The molecule has 0 atom stereocenters. The summed E-state index contributed by atoms with van der Waals surface area (Å²) in [5, 5.41) is 12.2. The average Bonchev–Trinajstić information content (AvgIpc) is 3.27. The van der Waals surface area contributed by atoms with Crippen molar-refractivity contribution in [2.45, 2.75) is 19.4 Å². The molecule has 2 aromatic heterocycles. The number of piperidine rings is 1. The molecule has 3 aromatic rings. The molecule has 4 rings (SSSR count). The van der Waals surface area contributed by atoms with Crippen molar-refractivity contribution in [2.24, 2.45) is 5.92 Å². The van der Waals surface area contributed by atoms with Gasteiger partial charge in [0, 0.05) is 35.6 Å². The first-order valence-corrected chi connectivity index (χ1v) is 11.2. The summed E-state index contributed by atoms with van der Waals surface area (Å²) in [7, 11) is 0. The van der Waals surface area contributed by atoms with Gasteiger partial charge in [0.2, 0.25) is 0 Å². The molecule has 1 aliphatic rings. The van der Waals surface area contributed by atoms with Gasteiger partial charge in [-0.2, -0.15) is 0 Å². The van der Waals surface area contributed by atoms with E-state index in [2.05, 4.69) is 9.88 Å². The van der Waals surface area contributed by atoms with Crippen molar-refractivity contribution in [2.75, 3.05) is 24.5 Å². The molecule has 1 saturated heterocycles. The maximum Gasteiger partial charge on any atom is 0.407 e. The Hall–Kier alpha value is -2.64. The quantitative estimate of drug-likeness (QED) is 0.564. The maximum absolute atomic E-state index is 11.7. The molecule has 0 saturated carbocycles. The zero-order chi connectivity index (χ0) is 20.9. The van der Waals surface area contributed by atoms with Gasteiger partial charge in [-0.3, -0.25) is 0 Å². The number of aromatic nitrogens is 2. The van der Waals surface area contributed by atoms with Gasteiger partial charge in [-0.25, -0.2) is 14.8 Å². The number of nitrogens with zero attached hydrogens (tertiary/aromatic N) is 4. The summed E-state index contributed by atoms with van der Waals surface area (Å²) in [5.41, 5.74) is 4.33. The van der Waals surface area contributed by atoms with Gasteiger partial charge in [-0.05, 0) is 37.0 Å². The zero-order valence-corrected chi connectivity index (χ0v) is 18.0. The van der Waals surface area contributed by atoms with E-state index in [1.807, 2.05) is 47.8 Å². The highest BCUT2D eigenvalue weighted by atomic mass is 35.5. The number of thiazole rings is 1. The summed E-state index contributed by atoms with van der Waals surface area (Å²) < 4.78 is 0. The SMILES string of the molecule is O=C(O)N(Cc1cscn1)CC1CCN(c2cccc(-c3ccccc3Cl)n2)CC1. The van der Waals surface area contributed by atoms with Gasteiger partial charge in [0.1, 0.15) is 5.82 Å². The van der Waals surface area contributed by atoms with Crippen molar-refractivity contribution >= 4 is 34.8 Å². The molecule has 6 nitrogen and oxygen atoms in total. The molecule has 0 radical (unpaired) electrons. The van der Waals surface area contributed by atoms with Crippen LogP contribution in [-0.4, -0.2) is 45.7 Å². The summed E-state index contributed by atoms with van der Waals surface area (Å²) >= 11 is 7.82. The van der Waals surface area contributed by atoms with Crippen LogP contribution in [0.2, 0.25) is 5.02 Å². The van der Waals surface area contributed by atoms with Crippen LogP contribution in [0.3, 0.4) is 0 Å². The Bertz CT molecular complexity index is 990. The Morgan fingerprint density at radius 2 is 2.00 bits per heavy atom. The molecule has 1 aliphatic heterocycles. The maximum atomic E-state index is 11.7. The summed E-state index contributed by atoms with van der Waals surface area (Å²) in [6.07, 6.45) is 0.970. The highest BCUT2D eigenvalue weighted by Crippen LogP contribution is 2.29. The Kier molecular flexibility index (Phi) is 6.50. The first kappa shape index (κ1) is 20.6. The van der Waals surface area contributed by atoms with Crippen LogP contribution in [0.5, 0.6) is 0 Å². The van der Waals surface area contributed by atoms with E-state index < -0.39 is 6.09 Å². The third kappa shape index (κ3) is 4.91. The van der Waals surface area contributed by atoms with E-state index in [1.54, 1.807) is 5.51 Å². The van der Waals surface area contributed by atoms with Gasteiger partial charge in [-0.15, -0.1) is 11.3 Å². The van der Waals surface area contributed by atoms with E-state index in [9.17, 15) is 9.90 Å². The van der Waals surface area contributed by atoms with Crippen molar-refractivity contribution in [3.63, 3.8) is 0 Å². The van der Waals surface area contributed by atoms with Crippen molar-refractivity contribution in [1.29, 1.82) is 0 Å². The predicted molar refractivity (Wildman–Crippen MR) is 120 cm³/mol. The number of benzene rings is 1. The molecule has 1 N–H and O–H groups in total. The molecule has 0 unspecified atom stereocenters. The second kappa shape index (κ2) is 9.45. The van der Waals surface area contributed by atoms with E-state index in [4.69, 9.17) is 16.6 Å². The number of halogens is 1. The lowest BCUT2D eigenvalue weighted by Gasteiger charge is -2.34. The molecule has 1 aromatic carbocycles. The van der Waals surface area contributed by atoms with Crippen molar-refractivity contribution in [1.82, 2.24) is 14.9 Å².